The Morgan fingerprint density at radius 3 is 3.00 bits per heavy atom. The minimum atomic E-state index is 0.610. The molecule has 1 nitrogen and oxygen atoms in total. The first-order valence-corrected chi connectivity index (χ1v) is 5.17. The van der Waals surface area contributed by atoms with E-state index in [2.05, 4.69) is 11.9 Å². The van der Waals surface area contributed by atoms with Crippen molar-refractivity contribution in [1.29, 1.82) is 0 Å². The summed E-state index contributed by atoms with van der Waals surface area (Å²) in [4.78, 5) is 5.53. The lowest BCUT2D eigenvalue weighted by atomic mass is 10.4. The molecule has 1 aliphatic carbocycles. The fourth-order valence-corrected chi connectivity index (χ4v) is 2.47. The van der Waals surface area contributed by atoms with Crippen molar-refractivity contribution in [3.05, 3.63) is 16.1 Å². The predicted molar refractivity (Wildman–Crippen MR) is 48.2 cm³/mol. The minimum absolute atomic E-state index is 0.610. The quantitative estimate of drug-likeness (QED) is 0.649. The lowest BCUT2D eigenvalue weighted by Gasteiger charge is -1.86. The van der Waals surface area contributed by atoms with Crippen LogP contribution in [0.25, 0.3) is 0 Å². The predicted octanol–water partition coefficient (Wildman–Crippen LogP) is 3.01. The van der Waals surface area contributed by atoms with Gasteiger partial charge in [0.2, 0.25) is 0 Å². The lowest BCUT2D eigenvalue weighted by Crippen LogP contribution is -1.75. The highest BCUT2D eigenvalue weighted by Gasteiger charge is 2.36. The summed E-state index contributed by atoms with van der Waals surface area (Å²) in [6.45, 7) is 2.27. The van der Waals surface area contributed by atoms with Gasteiger partial charge in [0.1, 0.15) is 0 Å². The van der Waals surface area contributed by atoms with E-state index in [1.807, 2.05) is 6.20 Å². The fourth-order valence-electron chi connectivity index (χ4n) is 1.22. The summed E-state index contributed by atoms with van der Waals surface area (Å²) in [5.41, 5.74) is 0. The van der Waals surface area contributed by atoms with Gasteiger partial charge >= 0.3 is 0 Å². The van der Waals surface area contributed by atoms with Crippen molar-refractivity contribution in [3.8, 4) is 0 Å². The van der Waals surface area contributed by atoms with Gasteiger partial charge in [0.15, 0.2) is 0 Å². The maximum absolute atomic E-state index is 5.67. The molecule has 2 atom stereocenters. The molecule has 0 saturated heterocycles. The summed E-state index contributed by atoms with van der Waals surface area (Å²) in [6.07, 6.45) is 3.22. The molecule has 0 N–H and O–H groups in total. The molecule has 0 radical (unpaired) electrons. The van der Waals surface area contributed by atoms with E-state index in [9.17, 15) is 0 Å². The van der Waals surface area contributed by atoms with E-state index in [1.165, 1.54) is 16.3 Å². The molecule has 0 amide bonds. The van der Waals surface area contributed by atoms with Gasteiger partial charge in [-0.1, -0.05) is 6.92 Å². The first-order valence-electron chi connectivity index (χ1n) is 3.82. The van der Waals surface area contributed by atoms with Crippen LogP contribution in [-0.2, 0) is 5.88 Å². The second-order valence-electron chi connectivity index (χ2n) is 3.12. The van der Waals surface area contributed by atoms with Crippen LogP contribution >= 0.6 is 22.9 Å². The second kappa shape index (κ2) is 2.76. The molecule has 60 valence electrons. The van der Waals surface area contributed by atoms with Crippen LogP contribution < -0.4 is 0 Å². The Kier molecular flexibility index (Phi) is 1.90. The Morgan fingerprint density at radius 2 is 2.55 bits per heavy atom. The van der Waals surface area contributed by atoms with Gasteiger partial charge in [-0.15, -0.1) is 22.9 Å². The van der Waals surface area contributed by atoms with E-state index in [0.29, 0.717) is 5.88 Å². The standard InChI is InChI=1S/C8H10ClNS/c1-5-2-7(5)8-10-4-6(3-9)11-8/h4-5,7H,2-3H2,1H3. The van der Waals surface area contributed by atoms with Crippen LogP contribution in [0.15, 0.2) is 6.20 Å². The average Bonchev–Trinajstić information content (AvgIpc) is 2.59. The van der Waals surface area contributed by atoms with Crippen molar-refractivity contribution in [2.75, 3.05) is 0 Å². The average molecular weight is 188 g/mol. The smallest absolute Gasteiger partial charge is 0.0961 e. The summed E-state index contributed by atoms with van der Waals surface area (Å²) >= 11 is 7.44. The van der Waals surface area contributed by atoms with Gasteiger partial charge in [-0.3, -0.25) is 0 Å². The number of hydrogen-bond donors (Lipinski definition) is 0. The SMILES string of the molecule is CC1CC1c1ncc(CCl)s1. The largest absolute Gasteiger partial charge is 0.249 e. The van der Waals surface area contributed by atoms with Crippen LogP contribution in [0.3, 0.4) is 0 Å². The zero-order chi connectivity index (χ0) is 7.84. The number of alkyl halides is 1. The van der Waals surface area contributed by atoms with Gasteiger partial charge < -0.3 is 0 Å². The summed E-state index contributed by atoms with van der Waals surface area (Å²) in [7, 11) is 0. The molecule has 0 spiro atoms. The Labute approximate surface area is 75.4 Å². The summed E-state index contributed by atoms with van der Waals surface area (Å²) in [5.74, 6) is 2.21. The third-order valence-corrected chi connectivity index (χ3v) is 3.71. The summed E-state index contributed by atoms with van der Waals surface area (Å²) < 4.78 is 0. The molecule has 0 aromatic carbocycles. The molecular formula is C8H10ClNS. The third kappa shape index (κ3) is 1.42. The van der Waals surface area contributed by atoms with E-state index in [1.54, 1.807) is 11.3 Å². The Morgan fingerprint density at radius 1 is 1.82 bits per heavy atom. The van der Waals surface area contributed by atoms with Crippen LogP contribution in [0, 0.1) is 5.92 Å². The molecule has 2 unspecified atom stereocenters. The number of hydrogen-bond acceptors (Lipinski definition) is 2. The first-order chi connectivity index (χ1) is 5.31. The Balaban J connectivity index is 2.13. The molecule has 1 saturated carbocycles. The van der Waals surface area contributed by atoms with Crippen molar-refractivity contribution in [2.45, 2.75) is 25.1 Å². The molecule has 0 aliphatic heterocycles. The highest BCUT2D eigenvalue weighted by atomic mass is 35.5. The Hall–Kier alpha value is -0.0800. The molecule has 2 rings (SSSR count). The van der Waals surface area contributed by atoms with E-state index < -0.39 is 0 Å². The Bertz CT molecular complexity index is 258. The van der Waals surface area contributed by atoms with Crippen LogP contribution in [0.2, 0.25) is 0 Å². The zero-order valence-electron chi connectivity index (χ0n) is 6.38. The maximum Gasteiger partial charge on any atom is 0.0961 e. The summed E-state index contributed by atoms with van der Waals surface area (Å²) in [5, 5.41) is 1.29. The number of rotatable bonds is 2. The van der Waals surface area contributed by atoms with Gasteiger partial charge in [0.05, 0.1) is 10.9 Å². The normalized spacial score (nSPS) is 28.9. The van der Waals surface area contributed by atoms with Crippen molar-refractivity contribution in [3.63, 3.8) is 0 Å². The second-order valence-corrected chi connectivity index (χ2v) is 4.53. The molecular weight excluding hydrogens is 178 g/mol. The van der Waals surface area contributed by atoms with Gasteiger partial charge in [-0.2, -0.15) is 0 Å². The molecule has 1 aromatic rings. The third-order valence-electron chi connectivity index (χ3n) is 2.13. The molecule has 11 heavy (non-hydrogen) atoms. The number of thiazole rings is 1. The van der Waals surface area contributed by atoms with E-state index in [0.717, 1.165) is 11.8 Å². The van der Waals surface area contributed by atoms with Crippen molar-refractivity contribution in [2.24, 2.45) is 5.92 Å². The highest BCUT2D eigenvalue weighted by molar-refractivity contribution is 7.11. The van der Waals surface area contributed by atoms with Gasteiger partial charge in [-0.25, -0.2) is 4.98 Å². The number of halogens is 1. The van der Waals surface area contributed by atoms with Gasteiger partial charge in [0, 0.05) is 17.0 Å². The lowest BCUT2D eigenvalue weighted by molar-refractivity contribution is 0.905. The van der Waals surface area contributed by atoms with Gasteiger partial charge in [-0.05, 0) is 12.3 Å². The van der Waals surface area contributed by atoms with E-state index in [4.69, 9.17) is 11.6 Å². The molecule has 3 heteroatoms. The fraction of sp³-hybridized carbons (Fsp3) is 0.625. The molecule has 0 bridgehead atoms. The van der Waals surface area contributed by atoms with E-state index in [-0.39, 0.29) is 0 Å². The zero-order valence-corrected chi connectivity index (χ0v) is 7.95. The number of aromatic nitrogens is 1. The molecule has 1 aliphatic rings. The first kappa shape index (κ1) is 7.56. The summed E-state index contributed by atoms with van der Waals surface area (Å²) in [6, 6.07) is 0. The van der Waals surface area contributed by atoms with Crippen molar-refractivity contribution < 1.29 is 0 Å². The van der Waals surface area contributed by atoms with Crippen LogP contribution in [0.5, 0.6) is 0 Å². The topological polar surface area (TPSA) is 12.9 Å². The van der Waals surface area contributed by atoms with Crippen LogP contribution in [0.1, 0.15) is 29.1 Å². The maximum atomic E-state index is 5.67. The monoisotopic (exact) mass is 187 g/mol. The van der Waals surface area contributed by atoms with Crippen LogP contribution in [0.4, 0.5) is 0 Å². The van der Waals surface area contributed by atoms with Gasteiger partial charge in [0.25, 0.3) is 0 Å². The highest BCUT2D eigenvalue weighted by Crippen LogP contribution is 2.48. The number of nitrogens with zero attached hydrogens (tertiary/aromatic N) is 1. The van der Waals surface area contributed by atoms with Crippen LogP contribution in [-0.4, -0.2) is 4.98 Å². The van der Waals surface area contributed by atoms with Crippen molar-refractivity contribution in [1.82, 2.24) is 4.98 Å². The molecule has 1 fully saturated rings. The molecule has 1 heterocycles. The molecule has 1 aromatic heterocycles. The van der Waals surface area contributed by atoms with Crippen molar-refractivity contribution >= 4 is 22.9 Å². The minimum Gasteiger partial charge on any atom is -0.249 e. The van der Waals surface area contributed by atoms with E-state index >= 15 is 0 Å².